The van der Waals surface area contributed by atoms with Crippen LogP contribution in [0, 0.1) is 0 Å². The molecule has 0 radical (unpaired) electrons. The topological polar surface area (TPSA) is 30.0 Å². The summed E-state index contributed by atoms with van der Waals surface area (Å²) in [6, 6.07) is 31.4. The van der Waals surface area contributed by atoms with Gasteiger partial charge in [-0.1, -0.05) is 91.0 Å². The van der Waals surface area contributed by atoms with Crippen LogP contribution < -0.4 is 15.9 Å². The molecule has 3 aromatic carbocycles. The molecule has 2 nitrogen and oxygen atoms in total. The number of aromatic nitrogens is 1. The van der Waals surface area contributed by atoms with Crippen LogP contribution in [-0.4, -0.2) is 4.98 Å². The van der Waals surface area contributed by atoms with Gasteiger partial charge in [-0.05, 0) is 17.2 Å². The molecule has 0 bridgehead atoms. The SMILES string of the molecule is O=P(c1ccccc1)(c1ccccc1)c1ccc(-c2cccnc2)cc1. The number of pyridine rings is 1. The van der Waals surface area contributed by atoms with Crippen molar-refractivity contribution in [3.8, 4) is 11.1 Å². The largest absolute Gasteiger partial charge is 0.309 e. The van der Waals surface area contributed by atoms with Crippen LogP contribution in [0.2, 0.25) is 0 Å². The van der Waals surface area contributed by atoms with Gasteiger partial charge in [0.05, 0.1) is 0 Å². The van der Waals surface area contributed by atoms with Crippen LogP contribution in [0.5, 0.6) is 0 Å². The third-order valence-corrected chi connectivity index (χ3v) is 7.54. The van der Waals surface area contributed by atoms with Gasteiger partial charge in [-0.3, -0.25) is 4.98 Å². The molecule has 1 heterocycles. The van der Waals surface area contributed by atoms with Crippen LogP contribution in [0.3, 0.4) is 0 Å². The Labute approximate surface area is 153 Å². The fourth-order valence-corrected chi connectivity index (χ4v) is 5.77. The van der Waals surface area contributed by atoms with E-state index in [1.165, 1.54) is 0 Å². The Morgan fingerprint density at radius 2 is 1.08 bits per heavy atom. The molecule has 0 atom stereocenters. The summed E-state index contributed by atoms with van der Waals surface area (Å²) in [5.74, 6) is 0. The highest BCUT2D eigenvalue weighted by Crippen LogP contribution is 2.42. The molecule has 0 spiro atoms. The van der Waals surface area contributed by atoms with E-state index in [1.807, 2.05) is 103 Å². The average Bonchev–Trinajstić information content (AvgIpc) is 2.75. The van der Waals surface area contributed by atoms with Crippen molar-refractivity contribution in [3.05, 3.63) is 109 Å². The molecule has 4 rings (SSSR count). The second-order valence-electron chi connectivity index (χ2n) is 6.07. The van der Waals surface area contributed by atoms with E-state index in [2.05, 4.69) is 4.98 Å². The van der Waals surface area contributed by atoms with E-state index < -0.39 is 7.14 Å². The van der Waals surface area contributed by atoms with Gasteiger partial charge < -0.3 is 4.57 Å². The second kappa shape index (κ2) is 7.11. The fraction of sp³-hybridized carbons (Fsp3) is 0. The van der Waals surface area contributed by atoms with Crippen molar-refractivity contribution in [3.63, 3.8) is 0 Å². The first kappa shape index (κ1) is 16.5. The zero-order valence-corrected chi connectivity index (χ0v) is 15.1. The predicted octanol–water partition coefficient (Wildman–Crippen LogP) is 4.39. The molecule has 0 saturated carbocycles. The van der Waals surface area contributed by atoms with Gasteiger partial charge >= 0.3 is 0 Å². The summed E-state index contributed by atoms with van der Waals surface area (Å²) in [4.78, 5) is 4.17. The molecule has 126 valence electrons. The van der Waals surface area contributed by atoms with Gasteiger partial charge in [-0.15, -0.1) is 0 Å². The van der Waals surface area contributed by atoms with E-state index in [0.717, 1.165) is 27.0 Å². The van der Waals surface area contributed by atoms with Gasteiger partial charge in [0.1, 0.15) is 0 Å². The number of hydrogen-bond acceptors (Lipinski definition) is 2. The molecule has 4 aromatic rings. The van der Waals surface area contributed by atoms with E-state index in [1.54, 1.807) is 6.20 Å². The Kier molecular flexibility index (Phi) is 4.51. The Balaban J connectivity index is 1.84. The first-order valence-electron chi connectivity index (χ1n) is 8.51. The lowest BCUT2D eigenvalue weighted by molar-refractivity contribution is 0.592. The maximum absolute atomic E-state index is 14.3. The van der Waals surface area contributed by atoms with Gasteiger partial charge in [-0.2, -0.15) is 0 Å². The Hall–Kier alpha value is -2.96. The second-order valence-corrected chi connectivity index (χ2v) is 8.84. The van der Waals surface area contributed by atoms with Crippen molar-refractivity contribution in [1.29, 1.82) is 0 Å². The van der Waals surface area contributed by atoms with Crippen molar-refractivity contribution in [2.45, 2.75) is 0 Å². The molecule has 0 fully saturated rings. The van der Waals surface area contributed by atoms with Crippen molar-refractivity contribution < 1.29 is 4.57 Å². The quantitative estimate of drug-likeness (QED) is 0.508. The molecule has 0 N–H and O–H groups in total. The highest BCUT2D eigenvalue weighted by molar-refractivity contribution is 7.85. The first-order chi connectivity index (χ1) is 12.8. The summed E-state index contributed by atoms with van der Waals surface area (Å²) in [6.07, 6.45) is 3.60. The maximum atomic E-state index is 14.3. The molecular weight excluding hydrogens is 337 g/mol. The van der Waals surface area contributed by atoms with Crippen molar-refractivity contribution in [1.82, 2.24) is 4.98 Å². The number of hydrogen-bond donors (Lipinski definition) is 0. The van der Waals surface area contributed by atoms with Crippen molar-refractivity contribution in [2.24, 2.45) is 0 Å². The summed E-state index contributed by atoms with van der Waals surface area (Å²) >= 11 is 0. The molecule has 0 saturated heterocycles. The van der Waals surface area contributed by atoms with Crippen LogP contribution in [0.15, 0.2) is 109 Å². The summed E-state index contributed by atoms with van der Waals surface area (Å²) in [7, 11) is -2.90. The van der Waals surface area contributed by atoms with Crippen LogP contribution in [-0.2, 0) is 4.57 Å². The fourth-order valence-electron chi connectivity index (χ4n) is 3.12. The van der Waals surface area contributed by atoms with Crippen LogP contribution in [0.4, 0.5) is 0 Å². The molecule has 0 aliphatic heterocycles. The molecule has 0 unspecified atom stereocenters. The average molecular weight is 355 g/mol. The normalized spacial score (nSPS) is 11.2. The van der Waals surface area contributed by atoms with E-state index in [4.69, 9.17) is 0 Å². The number of nitrogens with zero attached hydrogens (tertiary/aromatic N) is 1. The molecule has 26 heavy (non-hydrogen) atoms. The molecule has 0 aliphatic rings. The van der Waals surface area contributed by atoms with E-state index in [0.29, 0.717) is 0 Å². The van der Waals surface area contributed by atoms with Gasteiger partial charge in [0.25, 0.3) is 0 Å². The van der Waals surface area contributed by atoms with Crippen LogP contribution in [0.25, 0.3) is 11.1 Å². The highest BCUT2D eigenvalue weighted by Gasteiger charge is 2.29. The minimum Gasteiger partial charge on any atom is -0.309 e. The Morgan fingerprint density at radius 1 is 0.538 bits per heavy atom. The van der Waals surface area contributed by atoms with E-state index in [9.17, 15) is 4.57 Å². The minimum atomic E-state index is -2.90. The van der Waals surface area contributed by atoms with Gasteiger partial charge in [0.15, 0.2) is 7.14 Å². The minimum absolute atomic E-state index is 0.836. The van der Waals surface area contributed by atoms with Gasteiger partial charge in [0, 0.05) is 28.3 Å². The summed E-state index contributed by atoms with van der Waals surface area (Å²) < 4.78 is 14.3. The van der Waals surface area contributed by atoms with Crippen LogP contribution in [0.1, 0.15) is 0 Å². The molecular formula is C23H18NOP. The van der Waals surface area contributed by atoms with E-state index in [-0.39, 0.29) is 0 Å². The zero-order valence-electron chi connectivity index (χ0n) is 14.2. The zero-order chi connectivity index (χ0) is 17.8. The lowest BCUT2D eigenvalue weighted by Crippen LogP contribution is -2.24. The summed E-state index contributed by atoms with van der Waals surface area (Å²) in [5.41, 5.74) is 2.11. The smallest absolute Gasteiger partial charge is 0.171 e. The lowest BCUT2D eigenvalue weighted by Gasteiger charge is -2.20. The summed E-state index contributed by atoms with van der Waals surface area (Å²) in [6.45, 7) is 0. The summed E-state index contributed by atoms with van der Waals surface area (Å²) in [5, 5.41) is 2.53. The predicted molar refractivity (Wildman–Crippen MR) is 109 cm³/mol. The molecule has 0 amide bonds. The third-order valence-electron chi connectivity index (χ3n) is 4.47. The van der Waals surface area contributed by atoms with Crippen molar-refractivity contribution in [2.75, 3.05) is 0 Å². The van der Waals surface area contributed by atoms with Crippen LogP contribution >= 0.6 is 7.14 Å². The van der Waals surface area contributed by atoms with Crippen molar-refractivity contribution >= 4 is 23.1 Å². The molecule has 1 aromatic heterocycles. The molecule has 0 aliphatic carbocycles. The highest BCUT2D eigenvalue weighted by atomic mass is 31.2. The van der Waals surface area contributed by atoms with Gasteiger partial charge in [-0.25, -0.2) is 0 Å². The Morgan fingerprint density at radius 3 is 1.58 bits per heavy atom. The van der Waals surface area contributed by atoms with E-state index >= 15 is 0 Å². The molecule has 3 heteroatoms. The lowest BCUT2D eigenvalue weighted by atomic mass is 10.1. The standard InChI is InChI=1S/C23H18NOP/c25-26(21-9-3-1-4-10-21,22-11-5-2-6-12-22)23-15-13-19(14-16-23)20-8-7-17-24-18-20/h1-18H. The monoisotopic (exact) mass is 355 g/mol. The third kappa shape index (κ3) is 3.00. The maximum Gasteiger partial charge on any atom is 0.171 e. The first-order valence-corrected chi connectivity index (χ1v) is 10.2. The number of benzene rings is 3. The number of rotatable bonds is 4. The Bertz CT molecular complexity index is 986. The van der Waals surface area contributed by atoms with Gasteiger partial charge in [0.2, 0.25) is 0 Å².